The van der Waals surface area contributed by atoms with Gasteiger partial charge in [-0.15, -0.1) is 0 Å². The van der Waals surface area contributed by atoms with Crippen molar-refractivity contribution in [3.8, 4) is 11.5 Å². The van der Waals surface area contributed by atoms with Gasteiger partial charge in [-0.3, -0.25) is 4.79 Å². The minimum atomic E-state index is -0.803. The Morgan fingerprint density at radius 3 is 3.06 bits per heavy atom. The van der Waals surface area contributed by atoms with Gasteiger partial charge in [-0.05, 0) is 24.6 Å². The largest absolute Gasteiger partial charge is 0.508 e. The standard InChI is InChI=1S/C12H14O4/c1-7(12(14)15)4-10-6-8-5-9(13)2-3-11(8)16-10/h2-3,5,7,10,13H,4,6H2,1H3,(H,14,15). The number of aliphatic carboxylic acids is 1. The molecule has 1 aromatic carbocycles. The molecule has 0 saturated heterocycles. The number of rotatable bonds is 3. The van der Waals surface area contributed by atoms with Crippen LogP contribution in [0.2, 0.25) is 0 Å². The van der Waals surface area contributed by atoms with Crippen LogP contribution in [0.4, 0.5) is 0 Å². The van der Waals surface area contributed by atoms with Gasteiger partial charge in [-0.2, -0.15) is 0 Å². The zero-order chi connectivity index (χ0) is 11.7. The summed E-state index contributed by atoms with van der Waals surface area (Å²) in [6.07, 6.45) is 1.06. The van der Waals surface area contributed by atoms with E-state index in [-0.39, 0.29) is 11.9 Å². The molecule has 1 aromatic rings. The molecular formula is C12H14O4. The number of hydrogen-bond acceptors (Lipinski definition) is 3. The Balaban J connectivity index is 2.03. The lowest BCUT2D eigenvalue weighted by molar-refractivity contribution is -0.141. The summed E-state index contributed by atoms with van der Waals surface area (Å²) in [6.45, 7) is 1.67. The molecule has 0 fully saturated rings. The average Bonchev–Trinajstić information content (AvgIpc) is 2.58. The van der Waals surface area contributed by atoms with E-state index in [9.17, 15) is 9.90 Å². The number of hydrogen-bond donors (Lipinski definition) is 2. The van der Waals surface area contributed by atoms with Crippen LogP contribution in [0.15, 0.2) is 18.2 Å². The molecule has 1 heterocycles. The Morgan fingerprint density at radius 1 is 1.62 bits per heavy atom. The second-order valence-electron chi connectivity index (χ2n) is 4.21. The van der Waals surface area contributed by atoms with Crippen molar-refractivity contribution in [2.75, 3.05) is 0 Å². The number of carbonyl (C=O) groups is 1. The van der Waals surface area contributed by atoms with Crippen molar-refractivity contribution in [3.05, 3.63) is 23.8 Å². The Kier molecular flexibility index (Phi) is 2.73. The van der Waals surface area contributed by atoms with Crippen LogP contribution in [-0.2, 0) is 11.2 Å². The summed E-state index contributed by atoms with van der Waals surface area (Å²) in [4.78, 5) is 10.7. The lowest BCUT2D eigenvalue weighted by atomic mass is 10.0. The van der Waals surface area contributed by atoms with E-state index >= 15 is 0 Å². The maximum absolute atomic E-state index is 10.7. The molecule has 1 aliphatic rings. The lowest BCUT2D eigenvalue weighted by Gasteiger charge is -2.12. The molecule has 0 aliphatic carbocycles. The first-order valence-corrected chi connectivity index (χ1v) is 5.27. The molecule has 2 unspecified atom stereocenters. The van der Waals surface area contributed by atoms with E-state index in [0.717, 1.165) is 11.3 Å². The maximum Gasteiger partial charge on any atom is 0.306 e. The van der Waals surface area contributed by atoms with E-state index in [1.807, 2.05) is 0 Å². The molecule has 2 rings (SSSR count). The van der Waals surface area contributed by atoms with Crippen LogP contribution in [0, 0.1) is 5.92 Å². The molecule has 0 bridgehead atoms. The molecule has 0 saturated carbocycles. The first kappa shape index (κ1) is 10.8. The van der Waals surface area contributed by atoms with Crippen LogP contribution in [0.1, 0.15) is 18.9 Å². The monoisotopic (exact) mass is 222 g/mol. The van der Waals surface area contributed by atoms with Crippen LogP contribution < -0.4 is 4.74 Å². The van der Waals surface area contributed by atoms with Gasteiger partial charge >= 0.3 is 5.97 Å². The first-order chi connectivity index (χ1) is 7.56. The normalized spacial score (nSPS) is 19.9. The van der Waals surface area contributed by atoms with Crippen LogP contribution in [0.3, 0.4) is 0 Å². The SMILES string of the molecule is CC(CC1Cc2cc(O)ccc2O1)C(=O)O. The van der Waals surface area contributed by atoms with Gasteiger partial charge in [0.15, 0.2) is 0 Å². The van der Waals surface area contributed by atoms with E-state index in [2.05, 4.69) is 0 Å². The Hall–Kier alpha value is -1.71. The van der Waals surface area contributed by atoms with Crippen LogP contribution in [0.25, 0.3) is 0 Å². The molecule has 16 heavy (non-hydrogen) atoms. The summed E-state index contributed by atoms with van der Waals surface area (Å²) in [5.41, 5.74) is 0.947. The minimum Gasteiger partial charge on any atom is -0.508 e. The second-order valence-corrected chi connectivity index (χ2v) is 4.21. The fourth-order valence-corrected chi connectivity index (χ4v) is 1.93. The number of carboxylic acid groups (broad SMARTS) is 1. The molecule has 4 nitrogen and oxygen atoms in total. The van der Waals surface area contributed by atoms with E-state index < -0.39 is 11.9 Å². The minimum absolute atomic E-state index is 0.0945. The third kappa shape index (κ3) is 2.10. The lowest BCUT2D eigenvalue weighted by Crippen LogP contribution is -2.21. The molecule has 0 amide bonds. The summed E-state index contributed by atoms with van der Waals surface area (Å²) in [5.74, 6) is -0.245. The third-order valence-electron chi connectivity index (χ3n) is 2.82. The molecule has 0 aromatic heterocycles. The van der Waals surface area contributed by atoms with Crippen LogP contribution in [-0.4, -0.2) is 22.3 Å². The molecule has 2 N–H and O–H groups in total. The smallest absolute Gasteiger partial charge is 0.306 e. The quantitative estimate of drug-likeness (QED) is 0.818. The Morgan fingerprint density at radius 2 is 2.38 bits per heavy atom. The van der Waals surface area contributed by atoms with Gasteiger partial charge in [0, 0.05) is 12.0 Å². The van der Waals surface area contributed by atoms with E-state index in [1.165, 1.54) is 0 Å². The van der Waals surface area contributed by atoms with Crippen molar-refractivity contribution in [1.29, 1.82) is 0 Å². The fraction of sp³-hybridized carbons (Fsp3) is 0.417. The predicted octanol–water partition coefficient (Wildman–Crippen LogP) is 1.81. The topological polar surface area (TPSA) is 66.8 Å². The number of phenolic OH excluding ortho intramolecular Hbond substituents is 1. The fourth-order valence-electron chi connectivity index (χ4n) is 1.93. The highest BCUT2D eigenvalue weighted by atomic mass is 16.5. The first-order valence-electron chi connectivity index (χ1n) is 5.27. The van der Waals surface area contributed by atoms with E-state index in [1.54, 1.807) is 25.1 Å². The molecule has 1 aliphatic heterocycles. The van der Waals surface area contributed by atoms with Gasteiger partial charge in [-0.1, -0.05) is 6.92 Å². The second kappa shape index (κ2) is 4.04. The summed E-state index contributed by atoms with van der Waals surface area (Å²) >= 11 is 0. The highest BCUT2D eigenvalue weighted by Gasteiger charge is 2.26. The van der Waals surface area contributed by atoms with Crippen molar-refractivity contribution in [2.24, 2.45) is 5.92 Å². The zero-order valence-electron chi connectivity index (χ0n) is 9.01. The Labute approximate surface area is 93.5 Å². The van der Waals surface area contributed by atoms with Crippen molar-refractivity contribution >= 4 is 5.97 Å². The van der Waals surface area contributed by atoms with Crippen LogP contribution in [0.5, 0.6) is 11.5 Å². The molecule has 2 atom stereocenters. The highest BCUT2D eigenvalue weighted by molar-refractivity contribution is 5.69. The number of fused-ring (bicyclic) bond motifs is 1. The van der Waals surface area contributed by atoms with Crippen molar-refractivity contribution in [2.45, 2.75) is 25.9 Å². The number of benzene rings is 1. The maximum atomic E-state index is 10.7. The Bertz CT molecular complexity index is 413. The van der Waals surface area contributed by atoms with Gasteiger partial charge in [-0.25, -0.2) is 0 Å². The molecule has 4 heteroatoms. The van der Waals surface area contributed by atoms with Gasteiger partial charge in [0.05, 0.1) is 5.92 Å². The zero-order valence-corrected chi connectivity index (χ0v) is 9.01. The number of phenols is 1. The van der Waals surface area contributed by atoms with E-state index in [4.69, 9.17) is 9.84 Å². The molecule has 0 spiro atoms. The summed E-state index contributed by atoms with van der Waals surface area (Å²) in [6, 6.07) is 4.96. The summed E-state index contributed by atoms with van der Waals surface area (Å²) in [5, 5.41) is 18.1. The van der Waals surface area contributed by atoms with Gasteiger partial charge in [0.2, 0.25) is 0 Å². The van der Waals surface area contributed by atoms with Crippen molar-refractivity contribution in [3.63, 3.8) is 0 Å². The summed E-state index contributed by atoms with van der Waals surface area (Å²) < 4.78 is 5.61. The molecule has 0 radical (unpaired) electrons. The number of aromatic hydroxyl groups is 1. The van der Waals surface area contributed by atoms with Gasteiger partial charge < -0.3 is 14.9 Å². The number of carboxylic acids is 1. The summed E-state index contributed by atoms with van der Waals surface area (Å²) in [7, 11) is 0. The average molecular weight is 222 g/mol. The van der Waals surface area contributed by atoms with E-state index in [0.29, 0.717) is 12.8 Å². The number of ether oxygens (including phenoxy) is 1. The van der Waals surface area contributed by atoms with Gasteiger partial charge in [0.1, 0.15) is 17.6 Å². The highest BCUT2D eigenvalue weighted by Crippen LogP contribution is 2.33. The predicted molar refractivity (Wildman–Crippen MR) is 57.6 cm³/mol. The molecular weight excluding hydrogens is 208 g/mol. The molecule has 86 valence electrons. The van der Waals surface area contributed by atoms with Crippen molar-refractivity contribution in [1.82, 2.24) is 0 Å². The third-order valence-corrected chi connectivity index (χ3v) is 2.82. The van der Waals surface area contributed by atoms with Crippen LogP contribution >= 0.6 is 0 Å². The van der Waals surface area contributed by atoms with Gasteiger partial charge in [0.25, 0.3) is 0 Å². The van der Waals surface area contributed by atoms with Crippen molar-refractivity contribution < 1.29 is 19.7 Å².